The van der Waals surface area contributed by atoms with Gasteiger partial charge in [-0.2, -0.15) is 0 Å². The zero-order valence-electron chi connectivity index (χ0n) is 11.8. The van der Waals surface area contributed by atoms with E-state index in [9.17, 15) is 8.42 Å². The summed E-state index contributed by atoms with van der Waals surface area (Å²) in [5.41, 5.74) is 0. The molecule has 20 heavy (non-hydrogen) atoms. The molecule has 1 aromatic carbocycles. The second-order valence-electron chi connectivity index (χ2n) is 4.88. The number of ether oxygens (including phenoxy) is 1. The molecule has 0 aromatic heterocycles. The second kappa shape index (κ2) is 7.06. The molecule has 1 aromatic rings. The van der Waals surface area contributed by atoms with Crippen molar-refractivity contribution in [2.75, 3.05) is 19.7 Å². The summed E-state index contributed by atoms with van der Waals surface area (Å²) in [6.45, 7) is 3.96. The largest absolute Gasteiger partial charge is 0.494 e. The highest BCUT2D eigenvalue weighted by Gasteiger charge is 2.17. The number of hydrogen-bond donors (Lipinski definition) is 2. The van der Waals surface area contributed by atoms with Crippen molar-refractivity contribution in [3.05, 3.63) is 24.3 Å². The number of sulfonamides is 1. The highest BCUT2D eigenvalue weighted by molar-refractivity contribution is 7.89. The summed E-state index contributed by atoms with van der Waals surface area (Å²) in [6, 6.07) is 6.94. The van der Waals surface area contributed by atoms with Gasteiger partial charge in [0.05, 0.1) is 11.5 Å². The molecule has 0 unspecified atom stereocenters. The first-order valence-corrected chi connectivity index (χ1v) is 8.56. The topological polar surface area (TPSA) is 67.4 Å². The molecule has 0 radical (unpaired) electrons. The van der Waals surface area contributed by atoms with E-state index < -0.39 is 10.0 Å². The fourth-order valence-electron chi connectivity index (χ4n) is 2.34. The van der Waals surface area contributed by atoms with Crippen LogP contribution in [0.4, 0.5) is 0 Å². The smallest absolute Gasteiger partial charge is 0.240 e. The van der Waals surface area contributed by atoms with Gasteiger partial charge in [0, 0.05) is 12.6 Å². The first-order chi connectivity index (χ1) is 9.62. The summed E-state index contributed by atoms with van der Waals surface area (Å²) in [5.74, 6) is 0.682. The van der Waals surface area contributed by atoms with Crippen molar-refractivity contribution >= 4 is 10.0 Å². The van der Waals surface area contributed by atoms with Gasteiger partial charge in [0.1, 0.15) is 5.75 Å². The molecule has 0 aliphatic carbocycles. The minimum atomic E-state index is -3.42. The van der Waals surface area contributed by atoms with Crippen LogP contribution in [0.25, 0.3) is 0 Å². The molecular weight excluding hydrogens is 276 g/mol. The normalized spacial score (nSPS) is 19.1. The Kier molecular flexibility index (Phi) is 5.39. The first kappa shape index (κ1) is 15.3. The fraction of sp³-hybridized carbons (Fsp3) is 0.571. The monoisotopic (exact) mass is 298 g/mol. The summed E-state index contributed by atoms with van der Waals surface area (Å²) >= 11 is 0. The SMILES string of the molecule is CCOc1ccc(S(=O)(=O)NCC[C@@H]2CCCN2)cc1. The zero-order chi connectivity index (χ0) is 14.4. The lowest BCUT2D eigenvalue weighted by atomic mass is 10.2. The standard InChI is InChI=1S/C14H22N2O3S/c1-2-19-13-5-7-14(8-6-13)20(17,18)16-11-9-12-4-3-10-15-12/h5-8,12,15-16H,2-4,9-11H2,1H3/t12-/m0/s1. The van der Waals surface area contributed by atoms with Crippen molar-refractivity contribution < 1.29 is 13.2 Å². The Morgan fingerprint density at radius 1 is 1.35 bits per heavy atom. The van der Waals surface area contributed by atoms with E-state index in [-0.39, 0.29) is 4.90 Å². The Morgan fingerprint density at radius 2 is 2.10 bits per heavy atom. The lowest BCUT2D eigenvalue weighted by Gasteiger charge is -2.11. The van der Waals surface area contributed by atoms with Crippen molar-refractivity contribution in [2.45, 2.75) is 37.1 Å². The van der Waals surface area contributed by atoms with Gasteiger partial charge in [0.15, 0.2) is 0 Å². The van der Waals surface area contributed by atoms with Gasteiger partial charge < -0.3 is 10.1 Å². The van der Waals surface area contributed by atoms with Crippen LogP contribution in [0, 0.1) is 0 Å². The van der Waals surface area contributed by atoms with Gasteiger partial charge in [-0.3, -0.25) is 0 Å². The molecule has 5 nitrogen and oxygen atoms in total. The third-order valence-electron chi connectivity index (χ3n) is 3.39. The zero-order valence-corrected chi connectivity index (χ0v) is 12.6. The number of nitrogens with one attached hydrogen (secondary N) is 2. The molecule has 1 fully saturated rings. The van der Waals surface area contributed by atoms with Crippen molar-refractivity contribution in [3.8, 4) is 5.75 Å². The first-order valence-electron chi connectivity index (χ1n) is 7.08. The van der Waals surface area contributed by atoms with Crippen LogP contribution in [0.1, 0.15) is 26.2 Å². The van der Waals surface area contributed by atoms with Gasteiger partial charge >= 0.3 is 0 Å². The van der Waals surface area contributed by atoms with E-state index in [0.29, 0.717) is 24.9 Å². The van der Waals surface area contributed by atoms with Crippen molar-refractivity contribution in [1.82, 2.24) is 10.0 Å². The minimum absolute atomic E-state index is 0.278. The van der Waals surface area contributed by atoms with Crippen LogP contribution >= 0.6 is 0 Å². The van der Waals surface area contributed by atoms with Crippen LogP contribution < -0.4 is 14.8 Å². The minimum Gasteiger partial charge on any atom is -0.494 e. The maximum absolute atomic E-state index is 12.1. The summed E-state index contributed by atoms with van der Waals surface area (Å²) in [7, 11) is -3.42. The maximum atomic E-state index is 12.1. The predicted octanol–water partition coefficient (Wildman–Crippen LogP) is 1.51. The Bertz CT molecular complexity index is 508. The molecule has 1 aliphatic rings. The van der Waals surface area contributed by atoms with E-state index in [1.54, 1.807) is 24.3 Å². The van der Waals surface area contributed by atoms with Crippen LogP contribution in [0.3, 0.4) is 0 Å². The van der Waals surface area contributed by atoms with Crippen molar-refractivity contribution in [1.29, 1.82) is 0 Å². The molecule has 1 saturated heterocycles. The molecular formula is C14H22N2O3S. The van der Waals surface area contributed by atoms with Gasteiger partial charge in [-0.1, -0.05) is 0 Å². The molecule has 0 amide bonds. The average molecular weight is 298 g/mol. The third kappa shape index (κ3) is 4.19. The molecule has 0 saturated carbocycles. The van der Waals surface area contributed by atoms with Gasteiger partial charge in [-0.05, 0) is 57.0 Å². The summed E-state index contributed by atoms with van der Waals surface area (Å²) < 4.78 is 32.1. The van der Waals surface area contributed by atoms with Crippen molar-refractivity contribution in [2.24, 2.45) is 0 Å². The summed E-state index contributed by atoms with van der Waals surface area (Å²) in [6.07, 6.45) is 3.14. The number of benzene rings is 1. The van der Waals surface area contributed by atoms with E-state index >= 15 is 0 Å². The van der Waals surface area contributed by atoms with Crippen LogP contribution in [-0.4, -0.2) is 34.2 Å². The Balaban J connectivity index is 1.88. The molecule has 0 bridgehead atoms. The van der Waals surface area contributed by atoms with Crippen LogP contribution in [0.15, 0.2) is 29.2 Å². The van der Waals surface area contributed by atoms with E-state index in [1.807, 2.05) is 6.92 Å². The predicted molar refractivity (Wildman–Crippen MR) is 78.4 cm³/mol. The number of rotatable bonds is 7. The van der Waals surface area contributed by atoms with Gasteiger partial charge in [0.25, 0.3) is 0 Å². The van der Waals surface area contributed by atoms with E-state index in [0.717, 1.165) is 19.4 Å². The molecule has 6 heteroatoms. The highest BCUT2D eigenvalue weighted by atomic mass is 32.2. The third-order valence-corrected chi connectivity index (χ3v) is 4.87. The number of hydrogen-bond acceptors (Lipinski definition) is 4. The lowest BCUT2D eigenvalue weighted by molar-refractivity contribution is 0.340. The maximum Gasteiger partial charge on any atom is 0.240 e. The molecule has 0 spiro atoms. The summed E-state index contributed by atoms with van der Waals surface area (Å²) in [5, 5.41) is 3.35. The summed E-state index contributed by atoms with van der Waals surface area (Å²) in [4.78, 5) is 0.278. The van der Waals surface area contributed by atoms with Crippen LogP contribution in [0.2, 0.25) is 0 Å². The molecule has 1 heterocycles. The van der Waals surface area contributed by atoms with Crippen molar-refractivity contribution in [3.63, 3.8) is 0 Å². The average Bonchev–Trinajstić information content (AvgIpc) is 2.93. The van der Waals surface area contributed by atoms with Crippen LogP contribution in [0.5, 0.6) is 5.75 Å². The molecule has 1 aliphatic heterocycles. The van der Waals surface area contributed by atoms with Gasteiger partial charge in [0.2, 0.25) is 10.0 Å². The molecule has 1 atom stereocenters. The Hall–Kier alpha value is -1.11. The molecule has 112 valence electrons. The fourth-order valence-corrected chi connectivity index (χ4v) is 3.38. The van der Waals surface area contributed by atoms with E-state index in [4.69, 9.17) is 4.74 Å². The second-order valence-corrected chi connectivity index (χ2v) is 6.65. The van der Waals surface area contributed by atoms with Gasteiger partial charge in [-0.25, -0.2) is 13.1 Å². The quantitative estimate of drug-likeness (QED) is 0.800. The van der Waals surface area contributed by atoms with E-state index in [1.165, 1.54) is 6.42 Å². The van der Waals surface area contributed by atoms with E-state index in [2.05, 4.69) is 10.0 Å². The Morgan fingerprint density at radius 3 is 2.70 bits per heavy atom. The lowest BCUT2D eigenvalue weighted by Crippen LogP contribution is -2.30. The highest BCUT2D eigenvalue weighted by Crippen LogP contribution is 2.16. The van der Waals surface area contributed by atoms with Crippen LogP contribution in [-0.2, 0) is 10.0 Å². The molecule has 2 rings (SSSR count). The Labute approximate surface area is 120 Å². The molecule has 2 N–H and O–H groups in total. The van der Waals surface area contributed by atoms with Gasteiger partial charge in [-0.15, -0.1) is 0 Å².